The van der Waals surface area contributed by atoms with E-state index >= 15 is 0 Å². The highest BCUT2D eigenvalue weighted by Gasteiger charge is 2.30. The summed E-state index contributed by atoms with van der Waals surface area (Å²) in [5.74, 6) is 1.07. The molecular formula is C20H20Cl3N5O. The fraction of sp³-hybridized carbons (Fsp3) is 0.350. The Kier molecular flexibility index (Phi) is 6.08. The fourth-order valence-electron chi connectivity index (χ4n) is 3.40. The van der Waals surface area contributed by atoms with Gasteiger partial charge < -0.3 is 10.0 Å². The van der Waals surface area contributed by atoms with Crippen LogP contribution in [0, 0.1) is 0 Å². The monoisotopic (exact) mass is 451 g/mol. The Morgan fingerprint density at radius 2 is 1.62 bits per heavy atom. The normalized spacial score (nSPS) is 15.8. The molecule has 1 N–H and O–H groups in total. The first-order valence-corrected chi connectivity index (χ1v) is 10.5. The predicted molar refractivity (Wildman–Crippen MR) is 118 cm³/mol. The molecule has 2 heterocycles. The number of piperazine rings is 1. The number of fused-ring (bicyclic) bond motifs is 1. The van der Waals surface area contributed by atoms with E-state index in [1.54, 1.807) is 0 Å². The van der Waals surface area contributed by atoms with E-state index in [2.05, 4.69) is 30.8 Å². The average molecular weight is 453 g/mol. The molecule has 3 aromatic rings. The van der Waals surface area contributed by atoms with E-state index in [4.69, 9.17) is 39.9 Å². The van der Waals surface area contributed by atoms with Crippen molar-refractivity contribution >= 4 is 51.5 Å². The number of hydrogen-bond acceptors (Lipinski definition) is 6. The van der Waals surface area contributed by atoms with Crippen molar-refractivity contribution in [3.05, 3.63) is 48.3 Å². The molecule has 29 heavy (non-hydrogen) atoms. The molecule has 1 aromatic heterocycles. The fourth-order valence-corrected chi connectivity index (χ4v) is 3.66. The summed E-state index contributed by atoms with van der Waals surface area (Å²) in [4.78, 5) is 17.8. The zero-order valence-corrected chi connectivity index (χ0v) is 17.9. The van der Waals surface area contributed by atoms with E-state index in [0.29, 0.717) is 18.3 Å². The van der Waals surface area contributed by atoms with Crippen LogP contribution in [0.4, 0.5) is 5.95 Å². The lowest BCUT2D eigenvalue weighted by Crippen LogP contribution is -2.48. The lowest BCUT2D eigenvalue weighted by atomic mass is 10.1. The third kappa shape index (κ3) is 4.73. The van der Waals surface area contributed by atoms with Crippen molar-refractivity contribution in [2.45, 2.75) is 3.79 Å². The SMILES string of the molecule is OCCN1CCN(c2nc(-c3ccc4ccccc4c3)nc(C(Cl)(Cl)Cl)n2)CC1. The Balaban J connectivity index is 1.71. The molecule has 0 amide bonds. The number of aliphatic hydroxyl groups excluding tert-OH is 1. The molecule has 9 heteroatoms. The van der Waals surface area contributed by atoms with Gasteiger partial charge >= 0.3 is 0 Å². The minimum absolute atomic E-state index is 0.105. The summed E-state index contributed by atoms with van der Waals surface area (Å²) < 4.78 is -1.75. The predicted octanol–water partition coefficient (Wildman–Crippen LogP) is 3.63. The van der Waals surface area contributed by atoms with Gasteiger partial charge in [0.2, 0.25) is 9.74 Å². The van der Waals surface area contributed by atoms with Crippen LogP contribution >= 0.6 is 34.8 Å². The summed E-state index contributed by atoms with van der Waals surface area (Å²) in [6.45, 7) is 3.87. The Bertz CT molecular complexity index is 1000. The van der Waals surface area contributed by atoms with Gasteiger partial charge in [0.1, 0.15) is 0 Å². The quantitative estimate of drug-likeness (QED) is 0.610. The number of alkyl halides is 3. The van der Waals surface area contributed by atoms with Crippen molar-refractivity contribution in [1.29, 1.82) is 0 Å². The molecule has 1 aliphatic rings. The molecule has 0 saturated carbocycles. The highest BCUT2D eigenvalue weighted by Crippen LogP contribution is 2.37. The average Bonchev–Trinajstić information content (AvgIpc) is 2.73. The van der Waals surface area contributed by atoms with E-state index < -0.39 is 3.79 Å². The maximum Gasteiger partial charge on any atom is 0.250 e. The maximum atomic E-state index is 9.13. The van der Waals surface area contributed by atoms with Crippen LogP contribution < -0.4 is 4.90 Å². The van der Waals surface area contributed by atoms with Gasteiger partial charge in [0.25, 0.3) is 0 Å². The topological polar surface area (TPSA) is 65.4 Å². The van der Waals surface area contributed by atoms with Crippen LogP contribution in [0.15, 0.2) is 42.5 Å². The lowest BCUT2D eigenvalue weighted by molar-refractivity contribution is 0.188. The van der Waals surface area contributed by atoms with Gasteiger partial charge in [-0.2, -0.15) is 9.97 Å². The van der Waals surface area contributed by atoms with E-state index in [1.807, 2.05) is 36.4 Å². The van der Waals surface area contributed by atoms with Gasteiger partial charge in [-0.15, -0.1) is 0 Å². The number of halogens is 3. The van der Waals surface area contributed by atoms with Gasteiger partial charge in [0.15, 0.2) is 11.6 Å². The summed E-state index contributed by atoms with van der Waals surface area (Å²) in [5, 5.41) is 11.3. The summed E-state index contributed by atoms with van der Waals surface area (Å²) in [6, 6.07) is 14.1. The molecule has 4 rings (SSSR count). The lowest BCUT2D eigenvalue weighted by Gasteiger charge is -2.34. The molecular weight excluding hydrogens is 433 g/mol. The molecule has 2 aromatic carbocycles. The van der Waals surface area contributed by atoms with Gasteiger partial charge in [0, 0.05) is 38.3 Å². The number of aliphatic hydroxyl groups is 1. The Morgan fingerprint density at radius 1 is 0.897 bits per heavy atom. The van der Waals surface area contributed by atoms with E-state index in [9.17, 15) is 0 Å². The molecule has 0 bridgehead atoms. The van der Waals surface area contributed by atoms with Crippen LogP contribution in [0.3, 0.4) is 0 Å². The largest absolute Gasteiger partial charge is 0.395 e. The van der Waals surface area contributed by atoms with E-state index in [0.717, 1.165) is 42.5 Å². The second-order valence-corrected chi connectivity index (χ2v) is 9.18. The number of nitrogens with zero attached hydrogens (tertiary/aromatic N) is 5. The number of anilines is 1. The molecule has 6 nitrogen and oxygen atoms in total. The van der Waals surface area contributed by atoms with Crippen molar-refractivity contribution < 1.29 is 5.11 Å². The van der Waals surface area contributed by atoms with Gasteiger partial charge in [-0.25, -0.2) is 4.98 Å². The zero-order valence-electron chi connectivity index (χ0n) is 15.6. The van der Waals surface area contributed by atoms with Crippen LogP contribution in [0.5, 0.6) is 0 Å². The van der Waals surface area contributed by atoms with Gasteiger partial charge in [-0.05, 0) is 16.8 Å². The molecule has 0 radical (unpaired) electrons. The van der Waals surface area contributed by atoms with Crippen LogP contribution in [-0.4, -0.2) is 64.3 Å². The van der Waals surface area contributed by atoms with E-state index in [1.165, 1.54) is 0 Å². The molecule has 152 valence electrons. The number of benzene rings is 2. The molecule has 0 spiro atoms. The highest BCUT2D eigenvalue weighted by molar-refractivity contribution is 6.66. The number of hydrogen-bond donors (Lipinski definition) is 1. The Morgan fingerprint density at radius 3 is 2.31 bits per heavy atom. The van der Waals surface area contributed by atoms with Gasteiger partial charge in [0.05, 0.1) is 6.61 Å². The minimum Gasteiger partial charge on any atom is -0.395 e. The van der Waals surface area contributed by atoms with Crippen molar-refractivity contribution in [1.82, 2.24) is 19.9 Å². The molecule has 1 saturated heterocycles. The Hall–Kier alpha value is -1.70. The van der Waals surface area contributed by atoms with Crippen LogP contribution in [0.25, 0.3) is 22.2 Å². The minimum atomic E-state index is -1.75. The zero-order chi connectivity index (χ0) is 20.4. The molecule has 0 aliphatic carbocycles. The van der Waals surface area contributed by atoms with Crippen LogP contribution in [0.2, 0.25) is 0 Å². The first-order valence-electron chi connectivity index (χ1n) is 9.34. The number of β-amino-alcohol motifs (C(OH)–C–C–N with tert-alkyl or cyclic N) is 1. The molecule has 0 unspecified atom stereocenters. The first-order chi connectivity index (χ1) is 13.9. The van der Waals surface area contributed by atoms with Crippen molar-refractivity contribution in [2.75, 3.05) is 44.2 Å². The maximum absolute atomic E-state index is 9.13. The molecule has 1 aliphatic heterocycles. The molecule has 0 atom stereocenters. The summed E-state index contributed by atoms with van der Waals surface area (Å²) >= 11 is 18.3. The highest BCUT2D eigenvalue weighted by atomic mass is 35.6. The smallest absolute Gasteiger partial charge is 0.250 e. The summed E-state index contributed by atoms with van der Waals surface area (Å²) in [6.07, 6.45) is 0. The van der Waals surface area contributed by atoms with Gasteiger partial charge in [-0.3, -0.25) is 4.90 Å². The second-order valence-electron chi connectivity index (χ2n) is 6.89. The van der Waals surface area contributed by atoms with Crippen molar-refractivity contribution in [3.8, 4) is 11.4 Å². The third-order valence-electron chi connectivity index (χ3n) is 4.96. The van der Waals surface area contributed by atoms with Crippen LogP contribution in [-0.2, 0) is 3.79 Å². The first kappa shape index (κ1) is 20.6. The number of rotatable bonds is 4. The van der Waals surface area contributed by atoms with Crippen molar-refractivity contribution in [2.24, 2.45) is 0 Å². The third-order valence-corrected chi connectivity index (χ3v) is 5.46. The number of aromatic nitrogens is 3. The van der Waals surface area contributed by atoms with Crippen molar-refractivity contribution in [3.63, 3.8) is 0 Å². The standard InChI is InChI=1S/C20H20Cl3N5O/c21-20(22,23)18-24-17(16-6-5-14-3-1-2-4-15(14)13-16)25-19(26-18)28-9-7-27(8-10-28)11-12-29/h1-6,13,29H,7-12H2. The van der Waals surface area contributed by atoms with Gasteiger partial charge in [-0.1, -0.05) is 71.2 Å². The Labute approximate surface area is 184 Å². The second kappa shape index (κ2) is 8.58. The summed E-state index contributed by atoms with van der Waals surface area (Å²) in [7, 11) is 0. The molecule has 1 fully saturated rings. The van der Waals surface area contributed by atoms with E-state index in [-0.39, 0.29) is 12.4 Å². The summed E-state index contributed by atoms with van der Waals surface area (Å²) in [5.41, 5.74) is 0.835. The van der Waals surface area contributed by atoms with Crippen LogP contribution in [0.1, 0.15) is 5.82 Å².